The Morgan fingerprint density at radius 3 is 2.75 bits per heavy atom. The van der Waals surface area contributed by atoms with Crippen molar-refractivity contribution in [3.8, 4) is 0 Å². The summed E-state index contributed by atoms with van der Waals surface area (Å²) in [5, 5.41) is 13.7. The number of hydrogen-bond acceptors (Lipinski definition) is 4. The van der Waals surface area contributed by atoms with Crippen molar-refractivity contribution in [2.24, 2.45) is 5.92 Å². The number of ether oxygens (including phenoxy) is 1. The van der Waals surface area contributed by atoms with E-state index in [-0.39, 0.29) is 5.54 Å². The Morgan fingerprint density at radius 1 is 1.30 bits per heavy atom. The standard InChI is InChI=1S/C16H32N2O2/c1-18(10-4-12-20-2)11-8-14-5-3-9-16(14,13-19)17-15-6-7-15/h14-15,17,19H,3-13H2,1-2H3. The molecular weight excluding hydrogens is 252 g/mol. The van der Waals surface area contributed by atoms with Gasteiger partial charge in [-0.05, 0) is 58.0 Å². The molecule has 0 aromatic rings. The maximum absolute atomic E-state index is 9.91. The summed E-state index contributed by atoms with van der Waals surface area (Å²) in [7, 11) is 3.96. The van der Waals surface area contributed by atoms with Crippen LogP contribution in [0.25, 0.3) is 0 Å². The zero-order chi connectivity index (χ0) is 14.4. The maximum atomic E-state index is 9.91. The summed E-state index contributed by atoms with van der Waals surface area (Å²) in [6.07, 6.45) is 8.58. The van der Waals surface area contributed by atoms with Crippen LogP contribution in [-0.4, -0.2) is 62.0 Å². The quantitative estimate of drug-likeness (QED) is 0.599. The molecule has 0 radical (unpaired) electrons. The van der Waals surface area contributed by atoms with Crippen LogP contribution in [0.3, 0.4) is 0 Å². The van der Waals surface area contributed by atoms with Crippen molar-refractivity contribution in [2.75, 3.05) is 40.5 Å². The SMILES string of the molecule is COCCCN(C)CCC1CCCC1(CO)NC1CC1. The van der Waals surface area contributed by atoms with Crippen molar-refractivity contribution in [2.45, 2.75) is 56.5 Å². The first-order chi connectivity index (χ1) is 9.70. The summed E-state index contributed by atoms with van der Waals surface area (Å²) in [6.45, 7) is 3.38. The summed E-state index contributed by atoms with van der Waals surface area (Å²) in [5.74, 6) is 0.637. The normalized spacial score (nSPS) is 30.3. The van der Waals surface area contributed by atoms with Gasteiger partial charge in [0.2, 0.25) is 0 Å². The summed E-state index contributed by atoms with van der Waals surface area (Å²) >= 11 is 0. The number of aliphatic hydroxyl groups excluding tert-OH is 1. The van der Waals surface area contributed by atoms with Crippen LogP contribution < -0.4 is 5.32 Å². The van der Waals surface area contributed by atoms with Crippen LogP contribution in [-0.2, 0) is 4.74 Å². The molecule has 4 heteroatoms. The van der Waals surface area contributed by atoms with E-state index in [4.69, 9.17) is 4.74 Å². The zero-order valence-electron chi connectivity index (χ0n) is 13.2. The molecule has 0 bridgehead atoms. The highest BCUT2D eigenvalue weighted by Crippen LogP contribution is 2.40. The van der Waals surface area contributed by atoms with E-state index in [1.807, 2.05) is 0 Å². The van der Waals surface area contributed by atoms with E-state index in [9.17, 15) is 5.11 Å². The molecule has 0 saturated heterocycles. The molecule has 0 aromatic carbocycles. The van der Waals surface area contributed by atoms with E-state index in [0.717, 1.165) is 32.5 Å². The van der Waals surface area contributed by atoms with Crippen molar-refractivity contribution in [1.29, 1.82) is 0 Å². The Labute approximate surface area is 123 Å². The van der Waals surface area contributed by atoms with Crippen LogP contribution in [0.4, 0.5) is 0 Å². The minimum atomic E-state index is 0.0224. The van der Waals surface area contributed by atoms with Gasteiger partial charge in [0.25, 0.3) is 0 Å². The van der Waals surface area contributed by atoms with Gasteiger partial charge < -0.3 is 20.1 Å². The van der Waals surface area contributed by atoms with Crippen molar-refractivity contribution in [1.82, 2.24) is 10.2 Å². The third kappa shape index (κ3) is 4.42. The van der Waals surface area contributed by atoms with Gasteiger partial charge in [-0.25, -0.2) is 0 Å². The summed E-state index contributed by atoms with van der Waals surface area (Å²) < 4.78 is 5.10. The average Bonchev–Trinajstić information content (AvgIpc) is 3.16. The number of nitrogens with zero attached hydrogens (tertiary/aromatic N) is 1. The van der Waals surface area contributed by atoms with Gasteiger partial charge in [-0.1, -0.05) is 6.42 Å². The minimum Gasteiger partial charge on any atom is -0.394 e. The summed E-state index contributed by atoms with van der Waals surface area (Å²) in [6, 6.07) is 0.683. The van der Waals surface area contributed by atoms with Gasteiger partial charge in [0.05, 0.1) is 6.61 Å². The van der Waals surface area contributed by atoms with Gasteiger partial charge in [0.1, 0.15) is 0 Å². The highest BCUT2D eigenvalue weighted by Gasteiger charge is 2.44. The van der Waals surface area contributed by atoms with Crippen LogP contribution in [0.1, 0.15) is 44.9 Å². The Bertz CT molecular complexity index is 284. The molecule has 20 heavy (non-hydrogen) atoms. The molecule has 0 heterocycles. The topological polar surface area (TPSA) is 44.7 Å². The predicted molar refractivity (Wildman–Crippen MR) is 81.9 cm³/mol. The minimum absolute atomic E-state index is 0.0224. The van der Waals surface area contributed by atoms with E-state index >= 15 is 0 Å². The number of rotatable bonds is 10. The van der Waals surface area contributed by atoms with E-state index < -0.39 is 0 Å². The molecule has 2 unspecified atom stereocenters. The zero-order valence-corrected chi connectivity index (χ0v) is 13.2. The molecule has 118 valence electrons. The third-order valence-corrected chi connectivity index (χ3v) is 5.06. The second-order valence-electron chi connectivity index (χ2n) is 6.76. The Balaban J connectivity index is 1.75. The molecule has 0 amide bonds. The fourth-order valence-corrected chi connectivity index (χ4v) is 3.61. The maximum Gasteiger partial charge on any atom is 0.0616 e. The Kier molecular flexibility index (Phi) is 6.27. The Morgan fingerprint density at radius 2 is 2.10 bits per heavy atom. The first kappa shape index (κ1) is 16.2. The number of aliphatic hydroxyl groups is 1. The van der Waals surface area contributed by atoms with Crippen LogP contribution in [0.2, 0.25) is 0 Å². The fraction of sp³-hybridized carbons (Fsp3) is 1.00. The molecule has 4 nitrogen and oxygen atoms in total. The van der Waals surface area contributed by atoms with Gasteiger partial charge in [0.15, 0.2) is 0 Å². The lowest BCUT2D eigenvalue weighted by atomic mass is 9.85. The lowest BCUT2D eigenvalue weighted by Crippen LogP contribution is -2.53. The third-order valence-electron chi connectivity index (χ3n) is 5.06. The molecule has 2 saturated carbocycles. The molecule has 0 aliphatic heterocycles. The van der Waals surface area contributed by atoms with Crippen LogP contribution in [0.5, 0.6) is 0 Å². The number of nitrogens with one attached hydrogen (secondary N) is 1. The monoisotopic (exact) mass is 284 g/mol. The second-order valence-corrected chi connectivity index (χ2v) is 6.76. The molecule has 0 spiro atoms. The van der Waals surface area contributed by atoms with Gasteiger partial charge >= 0.3 is 0 Å². The molecule has 2 rings (SSSR count). The lowest BCUT2D eigenvalue weighted by Gasteiger charge is -2.36. The molecule has 0 aromatic heterocycles. The predicted octanol–water partition coefficient (Wildman–Crippen LogP) is 1.63. The van der Waals surface area contributed by atoms with E-state index in [1.165, 1.54) is 32.1 Å². The van der Waals surface area contributed by atoms with Crippen molar-refractivity contribution < 1.29 is 9.84 Å². The van der Waals surface area contributed by atoms with Crippen molar-refractivity contribution in [3.63, 3.8) is 0 Å². The number of methoxy groups -OCH3 is 1. The van der Waals surface area contributed by atoms with E-state index in [0.29, 0.717) is 18.6 Å². The van der Waals surface area contributed by atoms with E-state index in [2.05, 4.69) is 17.3 Å². The van der Waals surface area contributed by atoms with Crippen LogP contribution in [0.15, 0.2) is 0 Å². The van der Waals surface area contributed by atoms with Gasteiger partial charge in [-0.2, -0.15) is 0 Å². The van der Waals surface area contributed by atoms with Crippen LogP contribution >= 0.6 is 0 Å². The van der Waals surface area contributed by atoms with Crippen molar-refractivity contribution >= 4 is 0 Å². The highest BCUT2D eigenvalue weighted by atomic mass is 16.5. The van der Waals surface area contributed by atoms with E-state index in [1.54, 1.807) is 7.11 Å². The van der Waals surface area contributed by atoms with Crippen LogP contribution in [0, 0.1) is 5.92 Å². The smallest absolute Gasteiger partial charge is 0.0616 e. The largest absolute Gasteiger partial charge is 0.394 e. The van der Waals surface area contributed by atoms with Gasteiger partial charge in [0, 0.05) is 31.8 Å². The highest BCUT2D eigenvalue weighted by molar-refractivity contribution is 5.03. The first-order valence-electron chi connectivity index (χ1n) is 8.26. The van der Waals surface area contributed by atoms with Gasteiger partial charge in [-0.3, -0.25) is 0 Å². The molecule has 2 fully saturated rings. The Hall–Kier alpha value is -0.160. The first-order valence-corrected chi connectivity index (χ1v) is 8.26. The molecule has 2 N–H and O–H groups in total. The summed E-state index contributed by atoms with van der Waals surface area (Å²) in [4.78, 5) is 2.40. The molecule has 2 atom stereocenters. The number of hydrogen-bond donors (Lipinski definition) is 2. The second kappa shape index (κ2) is 7.74. The average molecular weight is 284 g/mol. The molecule has 2 aliphatic rings. The molecule has 2 aliphatic carbocycles. The van der Waals surface area contributed by atoms with Crippen molar-refractivity contribution in [3.05, 3.63) is 0 Å². The lowest BCUT2D eigenvalue weighted by molar-refractivity contribution is 0.110. The summed E-state index contributed by atoms with van der Waals surface area (Å²) in [5.41, 5.74) is 0.0224. The molecular formula is C16H32N2O2. The van der Waals surface area contributed by atoms with Gasteiger partial charge in [-0.15, -0.1) is 0 Å². The fourth-order valence-electron chi connectivity index (χ4n) is 3.61.